The highest BCUT2D eigenvalue weighted by Gasteiger charge is 2.62. The lowest BCUT2D eigenvalue weighted by atomic mass is 9.80. The Bertz CT molecular complexity index is 488. The summed E-state index contributed by atoms with van der Waals surface area (Å²) >= 11 is 0. The molecule has 18 heavy (non-hydrogen) atoms. The third kappa shape index (κ3) is 1.94. The molecule has 1 aromatic carbocycles. The van der Waals surface area contributed by atoms with Crippen LogP contribution in [0.2, 0.25) is 0 Å². The van der Waals surface area contributed by atoms with E-state index in [0.717, 1.165) is 17.7 Å². The zero-order valence-electron chi connectivity index (χ0n) is 10.6. The third-order valence-electron chi connectivity index (χ3n) is 4.29. The van der Waals surface area contributed by atoms with E-state index in [4.69, 9.17) is 4.84 Å². The molecule has 0 amide bonds. The van der Waals surface area contributed by atoms with E-state index in [1.807, 2.05) is 37.3 Å². The van der Waals surface area contributed by atoms with Crippen molar-refractivity contribution in [3.63, 3.8) is 0 Å². The molecule has 0 aromatic heterocycles. The van der Waals surface area contributed by atoms with Crippen molar-refractivity contribution in [3.05, 3.63) is 35.9 Å². The number of carbonyl (C=O) groups excluding carboxylic acids is 1. The largest absolute Gasteiger partial charge is 0.338 e. The molecule has 1 unspecified atom stereocenters. The van der Waals surface area contributed by atoms with Gasteiger partial charge in [0, 0.05) is 0 Å². The highest BCUT2D eigenvalue weighted by atomic mass is 16.7. The molecule has 2 aliphatic carbocycles. The summed E-state index contributed by atoms with van der Waals surface area (Å²) in [5.74, 6) is -0.0384. The monoisotopic (exact) mass is 243 g/mol. The molecule has 0 saturated heterocycles. The SMILES string of the molecule is C/C(=N\OC(=O)C1CC12CCC2)c1ccccc1. The van der Waals surface area contributed by atoms with Gasteiger partial charge >= 0.3 is 5.97 Å². The van der Waals surface area contributed by atoms with Crippen LogP contribution in [-0.2, 0) is 9.63 Å². The van der Waals surface area contributed by atoms with Crippen LogP contribution in [0.5, 0.6) is 0 Å². The summed E-state index contributed by atoms with van der Waals surface area (Å²) < 4.78 is 0. The van der Waals surface area contributed by atoms with Crippen molar-refractivity contribution in [2.24, 2.45) is 16.5 Å². The molecule has 3 rings (SSSR count). The number of benzene rings is 1. The van der Waals surface area contributed by atoms with Gasteiger partial charge in [0.25, 0.3) is 0 Å². The highest BCUT2D eigenvalue weighted by molar-refractivity contribution is 5.98. The van der Waals surface area contributed by atoms with Crippen molar-refractivity contribution in [1.29, 1.82) is 0 Å². The molecule has 1 atom stereocenters. The van der Waals surface area contributed by atoms with E-state index in [1.165, 1.54) is 19.3 Å². The molecule has 0 N–H and O–H groups in total. The van der Waals surface area contributed by atoms with Crippen molar-refractivity contribution < 1.29 is 9.63 Å². The van der Waals surface area contributed by atoms with Gasteiger partial charge in [-0.15, -0.1) is 0 Å². The Kier molecular flexibility index (Phi) is 2.69. The molecular formula is C15H17NO2. The van der Waals surface area contributed by atoms with Gasteiger partial charge in [-0.05, 0) is 37.2 Å². The second-order valence-corrected chi connectivity index (χ2v) is 5.43. The van der Waals surface area contributed by atoms with E-state index in [-0.39, 0.29) is 11.9 Å². The Labute approximate surface area is 107 Å². The van der Waals surface area contributed by atoms with Crippen LogP contribution in [0, 0.1) is 11.3 Å². The fourth-order valence-corrected chi connectivity index (χ4v) is 2.77. The molecule has 0 aliphatic heterocycles. The van der Waals surface area contributed by atoms with E-state index in [2.05, 4.69) is 5.16 Å². The number of nitrogens with zero attached hydrogens (tertiary/aromatic N) is 1. The first kappa shape index (κ1) is 11.5. The van der Waals surface area contributed by atoms with Crippen molar-refractivity contribution >= 4 is 11.7 Å². The van der Waals surface area contributed by atoms with Gasteiger partial charge < -0.3 is 4.84 Å². The third-order valence-corrected chi connectivity index (χ3v) is 4.29. The Morgan fingerprint density at radius 3 is 2.61 bits per heavy atom. The van der Waals surface area contributed by atoms with Crippen molar-refractivity contribution in [3.8, 4) is 0 Å². The number of carbonyl (C=O) groups is 1. The number of oxime groups is 1. The van der Waals surface area contributed by atoms with Crippen LogP contribution in [0.25, 0.3) is 0 Å². The van der Waals surface area contributed by atoms with Crippen LogP contribution in [0.3, 0.4) is 0 Å². The molecule has 94 valence electrons. The summed E-state index contributed by atoms with van der Waals surface area (Å²) in [7, 11) is 0. The maximum Gasteiger partial charge on any atom is 0.338 e. The Balaban J connectivity index is 1.59. The van der Waals surface area contributed by atoms with Crippen molar-refractivity contribution in [2.75, 3.05) is 0 Å². The summed E-state index contributed by atoms with van der Waals surface area (Å²) in [4.78, 5) is 16.9. The maximum atomic E-state index is 11.8. The highest BCUT2D eigenvalue weighted by Crippen LogP contribution is 2.65. The molecule has 0 radical (unpaired) electrons. The van der Waals surface area contributed by atoms with Crippen molar-refractivity contribution in [1.82, 2.24) is 0 Å². The fourth-order valence-electron chi connectivity index (χ4n) is 2.77. The first-order valence-electron chi connectivity index (χ1n) is 6.52. The van der Waals surface area contributed by atoms with Crippen LogP contribution in [0.15, 0.2) is 35.5 Å². The number of hydrogen-bond donors (Lipinski definition) is 0. The normalized spacial score (nSPS) is 24.5. The Hall–Kier alpha value is -1.64. The van der Waals surface area contributed by atoms with Crippen molar-refractivity contribution in [2.45, 2.75) is 32.6 Å². The first-order chi connectivity index (χ1) is 8.71. The Morgan fingerprint density at radius 1 is 1.33 bits per heavy atom. The van der Waals surface area contributed by atoms with E-state index in [1.54, 1.807) is 0 Å². The Morgan fingerprint density at radius 2 is 2.06 bits per heavy atom. The lowest BCUT2D eigenvalue weighted by Gasteiger charge is -2.25. The molecule has 1 aromatic rings. The standard InChI is InChI=1S/C15H17NO2/c1-11(12-6-3-2-4-7-12)16-18-14(17)13-10-15(13)8-5-9-15/h2-4,6-7,13H,5,8-10H2,1H3/b16-11+. The minimum Gasteiger partial charge on any atom is -0.318 e. The zero-order valence-corrected chi connectivity index (χ0v) is 10.6. The van der Waals surface area contributed by atoms with Crippen LogP contribution in [-0.4, -0.2) is 11.7 Å². The van der Waals surface area contributed by atoms with E-state index in [9.17, 15) is 4.79 Å². The van der Waals surface area contributed by atoms with Crippen LogP contribution in [0.1, 0.15) is 38.2 Å². The second kappa shape index (κ2) is 4.23. The number of rotatable bonds is 3. The van der Waals surface area contributed by atoms with Gasteiger partial charge in [-0.2, -0.15) is 0 Å². The van der Waals surface area contributed by atoms with Gasteiger partial charge in [-0.1, -0.05) is 41.9 Å². The number of hydrogen-bond acceptors (Lipinski definition) is 3. The smallest absolute Gasteiger partial charge is 0.318 e. The lowest BCUT2D eigenvalue weighted by Crippen LogP contribution is -2.19. The van der Waals surface area contributed by atoms with Gasteiger partial charge in [-0.25, -0.2) is 4.79 Å². The summed E-state index contributed by atoms with van der Waals surface area (Å²) in [5, 5.41) is 3.95. The predicted octanol–water partition coefficient (Wildman–Crippen LogP) is 3.14. The van der Waals surface area contributed by atoms with E-state index in [0.29, 0.717) is 5.41 Å². The van der Waals surface area contributed by atoms with Crippen LogP contribution < -0.4 is 0 Å². The van der Waals surface area contributed by atoms with E-state index < -0.39 is 0 Å². The van der Waals surface area contributed by atoms with Gasteiger partial charge in [-0.3, -0.25) is 0 Å². The fraction of sp³-hybridized carbons (Fsp3) is 0.467. The predicted molar refractivity (Wildman–Crippen MR) is 69.1 cm³/mol. The molecule has 0 heterocycles. The van der Waals surface area contributed by atoms with Crippen LogP contribution >= 0.6 is 0 Å². The average Bonchev–Trinajstić information content (AvgIpc) is 3.12. The van der Waals surface area contributed by atoms with E-state index >= 15 is 0 Å². The molecular weight excluding hydrogens is 226 g/mol. The molecule has 3 nitrogen and oxygen atoms in total. The molecule has 2 saturated carbocycles. The average molecular weight is 243 g/mol. The lowest BCUT2D eigenvalue weighted by molar-refractivity contribution is -0.146. The van der Waals surface area contributed by atoms with Gasteiger partial charge in [0.1, 0.15) is 0 Å². The maximum absolute atomic E-state index is 11.8. The topological polar surface area (TPSA) is 38.7 Å². The molecule has 2 fully saturated rings. The van der Waals surface area contributed by atoms with Gasteiger partial charge in [0.15, 0.2) is 0 Å². The molecule has 0 bridgehead atoms. The molecule has 2 aliphatic rings. The minimum atomic E-state index is -0.148. The summed E-state index contributed by atoms with van der Waals surface area (Å²) in [6.45, 7) is 1.86. The summed E-state index contributed by atoms with van der Waals surface area (Å²) in [6.07, 6.45) is 4.64. The first-order valence-corrected chi connectivity index (χ1v) is 6.52. The minimum absolute atomic E-state index is 0.110. The quantitative estimate of drug-likeness (QED) is 0.464. The van der Waals surface area contributed by atoms with Gasteiger partial charge in [0.05, 0.1) is 11.6 Å². The summed E-state index contributed by atoms with van der Waals surface area (Å²) in [6, 6.07) is 9.75. The molecule has 3 heteroatoms. The summed E-state index contributed by atoms with van der Waals surface area (Å²) in [5.41, 5.74) is 2.04. The zero-order chi connectivity index (χ0) is 12.6. The van der Waals surface area contributed by atoms with Crippen LogP contribution in [0.4, 0.5) is 0 Å². The van der Waals surface area contributed by atoms with Gasteiger partial charge in [0.2, 0.25) is 0 Å². The second-order valence-electron chi connectivity index (χ2n) is 5.43. The molecule has 1 spiro atoms.